The Hall–Kier alpha value is -3.12. The molecule has 0 aliphatic carbocycles. The van der Waals surface area contributed by atoms with Crippen LogP contribution in [0.1, 0.15) is 90.4 Å². The Balaban J connectivity index is 2.54. The fraction of sp³-hybridized carbons (Fsp3) is 0.467. The zero-order chi connectivity index (χ0) is 26.7. The molecule has 6 heteroatoms. The Labute approximate surface area is 216 Å². The number of carbonyl (C=O) groups is 1. The number of hydroxylamine groups is 1. The molecule has 196 valence electrons. The molecule has 0 bridgehead atoms. The van der Waals surface area contributed by atoms with E-state index >= 15 is 0 Å². The summed E-state index contributed by atoms with van der Waals surface area (Å²) < 4.78 is 5.38. The van der Waals surface area contributed by atoms with Crippen molar-refractivity contribution in [3.63, 3.8) is 0 Å². The van der Waals surface area contributed by atoms with Crippen molar-refractivity contribution in [2.75, 3.05) is 0 Å². The van der Waals surface area contributed by atoms with Gasteiger partial charge in [-0.25, -0.2) is 5.48 Å². The topological polar surface area (TPSA) is 78.6 Å². The molecule has 2 rings (SSSR count). The van der Waals surface area contributed by atoms with Gasteiger partial charge in [-0.2, -0.15) is 0 Å². The van der Waals surface area contributed by atoms with Crippen molar-refractivity contribution in [1.82, 2.24) is 15.5 Å². The normalized spacial score (nSPS) is 16.8. The van der Waals surface area contributed by atoms with Crippen molar-refractivity contribution in [2.24, 2.45) is 5.92 Å². The predicted octanol–water partition coefficient (Wildman–Crippen LogP) is 7.44. The van der Waals surface area contributed by atoms with E-state index in [1.54, 1.807) is 11.5 Å². The third-order valence-corrected chi connectivity index (χ3v) is 6.27. The highest BCUT2D eigenvalue weighted by molar-refractivity contribution is 5.91. The van der Waals surface area contributed by atoms with Gasteiger partial charge >= 0.3 is 0 Å². The van der Waals surface area contributed by atoms with Crippen molar-refractivity contribution in [3.05, 3.63) is 88.7 Å². The fourth-order valence-electron chi connectivity index (χ4n) is 5.02. The van der Waals surface area contributed by atoms with Crippen molar-refractivity contribution >= 4 is 5.91 Å². The molecule has 0 fully saturated rings. The first-order chi connectivity index (χ1) is 17.2. The highest BCUT2D eigenvalue weighted by Gasteiger charge is 2.35. The first-order valence-electron chi connectivity index (χ1n) is 12.9. The maximum atomic E-state index is 11.6. The van der Waals surface area contributed by atoms with Crippen molar-refractivity contribution in [3.8, 4) is 0 Å². The maximum absolute atomic E-state index is 11.6. The average Bonchev–Trinajstić information content (AvgIpc) is 3.24. The lowest BCUT2D eigenvalue weighted by atomic mass is 9.86. The second-order valence-electron chi connectivity index (χ2n) is 9.91. The monoisotopic (exact) mass is 493 g/mol. The molecule has 2 N–H and O–H groups in total. The van der Waals surface area contributed by atoms with E-state index in [0.717, 1.165) is 25.7 Å². The second-order valence-corrected chi connectivity index (χ2v) is 9.91. The van der Waals surface area contributed by atoms with E-state index in [-0.39, 0.29) is 17.2 Å². The van der Waals surface area contributed by atoms with Crippen LogP contribution in [0.25, 0.3) is 0 Å². The number of nitrogens with one attached hydrogen (secondary N) is 1. The van der Waals surface area contributed by atoms with Crippen LogP contribution in [-0.2, 0) is 6.42 Å². The van der Waals surface area contributed by atoms with Gasteiger partial charge in [0.2, 0.25) is 0 Å². The van der Waals surface area contributed by atoms with Gasteiger partial charge in [0.1, 0.15) is 5.76 Å². The first-order valence-corrected chi connectivity index (χ1v) is 12.9. The van der Waals surface area contributed by atoms with Crippen LogP contribution in [0.2, 0.25) is 0 Å². The van der Waals surface area contributed by atoms with E-state index in [9.17, 15) is 4.79 Å². The number of hydrogen-bond acceptors (Lipinski definition) is 5. The standard InChI is InChI=1S/C30H43N3O3/c1-8-12-16-28-24(14-10-3)18-17-23(13-9-2)27(15-11-4)33(28)30(6,7)21-22(5)19-25-20-26(32-36-25)29(34)31-35/h9-16,20,22,35H,8,17-19,21H2,1-7H3,(H,31,34)/b13-9-,14-10-,15-11-,16-12-. The summed E-state index contributed by atoms with van der Waals surface area (Å²) in [7, 11) is 0. The number of rotatable bonds is 11. The van der Waals surface area contributed by atoms with Gasteiger partial charge in [0, 0.05) is 29.4 Å². The summed E-state index contributed by atoms with van der Waals surface area (Å²) in [6, 6.07) is 1.59. The Morgan fingerprint density at radius 3 is 2.22 bits per heavy atom. The number of hydrogen-bond donors (Lipinski definition) is 2. The quantitative estimate of drug-likeness (QED) is 0.247. The Bertz CT molecular complexity index is 1070. The van der Waals surface area contributed by atoms with Crippen LogP contribution >= 0.6 is 0 Å². The minimum atomic E-state index is -0.672. The van der Waals surface area contributed by atoms with Crippen molar-refractivity contribution in [2.45, 2.75) is 86.1 Å². The van der Waals surface area contributed by atoms with Gasteiger partial charge < -0.3 is 9.42 Å². The van der Waals surface area contributed by atoms with E-state index in [1.807, 2.05) is 0 Å². The highest BCUT2D eigenvalue weighted by Crippen LogP contribution is 2.40. The lowest BCUT2D eigenvalue weighted by molar-refractivity contribution is 0.0696. The number of amides is 1. The smallest absolute Gasteiger partial charge is 0.296 e. The molecule has 1 aromatic rings. The molecule has 1 unspecified atom stereocenters. The third-order valence-electron chi connectivity index (χ3n) is 6.27. The Kier molecular flexibility index (Phi) is 11.2. The van der Waals surface area contributed by atoms with Crippen molar-refractivity contribution < 1.29 is 14.5 Å². The zero-order valence-corrected chi connectivity index (χ0v) is 23.0. The fourth-order valence-corrected chi connectivity index (χ4v) is 5.02. The van der Waals surface area contributed by atoms with E-state index < -0.39 is 5.91 Å². The van der Waals surface area contributed by atoms with Gasteiger partial charge in [-0.1, -0.05) is 55.5 Å². The molecule has 0 aromatic carbocycles. The van der Waals surface area contributed by atoms with Gasteiger partial charge in [-0.05, 0) is 89.5 Å². The van der Waals surface area contributed by atoms with Crippen LogP contribution in [0.15, 0.2) is 81.7 Å². The summed E-state index contributed by atoms with van der Waals surface area (Å²) in [4.78, 5) is 14.2. The summed E-state index contributed by atoms with van der Waals surface area (Å²) in [6.07, 6.45) is 22.0. The van der Waals surface area contributed by atoms with Gasteiger partial charge in [0.15, 0.2) is 5.69 Å². The maximum Gasteiger partial charge on any atom is 0.296 e. The largest absolute Gasteiger partial charge is 0.361 e. The third kappa shape index (κ3) is 7.44. The molecule has 1 aliphatic heterocycles. The molecular formula is C30H43N3O3. The predicted molar refractivity (Wildman–Crippen MR) is 146 cm³/mol. The van der Waals surface area contributed by atoms with Crippen LogP contribution in [-0.4, -0.2) is 26.7 Å². The van der Waals surface area contributed by atoms with Crippen LogP contribution in [0.3, 0.4) is 0 Å². The first kappa shape index (κ1) is 29.1. The summed E-state index contributed by atoms with van der Waals surface area (Å²) in [5.74, 6) is 0.205. The zero-order valence-electron chi connectivity index (χ0n) is 23.0. The van der Waals surface area contributed by atoms with Gasteiger partial charge in [-0.15, -0.1) is 0 Å². The van der Waals surface area contributed by atoms with Crippen molar-refractivity contribution in [1.29, 1.82) is 0 Å². The minimum absolute atomic E-state index is 0.0756. The number of nitrogens with zero attached hydrogens (tertiary/aromatic N) is 2. The van der Waals surface area contributed by atoms with Crippen LogP contribution in [0, 0.1) is 5.92 Å². The molecule has 6 nitrogen and oxygen atoms in total. The molecule has 36 heavy (non-hydrogen) atoms. The second kappa shape index (κ2) is 13.8. The Morgan fingerprint density at radius 1 is 1.11 bits per heavy atom. The number of allylic oxidation sites excluding steroid dienone is 10. The molecule has 0 saturated heterocycles. The molecule has 0 radical (unpaired) electrons. The van der Waals surface area contributed by atoms with Gasteiger partial charge in [0.25, 0.3) is 5.91 Å². The number of carbonyl (C=O) groups excluding carboxylic acids is 1. The summed E-state index contributed by atoms with van der Waals surface area (Å²) >= 11 is 0. The molecule has 2 heterocycles. The summed E-state index contributed by atoms with van der Waals surface area (Å²) in [5, 5.41) is 12.6. The van der Waals surface area contributed by atoms with Crippen LogP contribution in [0.4, 0.5) is 0 Å². The molecule has 1 aliphatic rings. The van der Waals surface area contributed by atoms with Crippen LogP contribution in [0.5, 0.6) is 0 Å². The lowest BCUT2D eigenvalue weighted by Crippen LogP contribution is -2.44. The molecule has 1 atom stereocenters. The highest BCUT2D eigenvalue weighted by atomic mass is 16.5. The SMILES string of the molecule is C/C=C\C1=C(/C=C\C)N(C(C)(C)CC(C)Cc2cc(C(=O)NO)no2)C(/C=C\CC)=C(/C=C\C)CC1. The summed E-state index contributed by atoms with van der Waals surface area (Å²) in [6.45, 7) is 15.2. The van der Waals surface area contributed by atoms with Crippen LogP contribution < -0.4 is 5.48 Å². The molecule has 1 amide bonds. The molecule has 0 spiro atoms. The van der Waals surface area contributed by atoms with Gasteiger partial charge in [0.05, 0.1) is 0 Å². The number of aromatic nitrogens is 1. The molecule has 0 saturated carbocycles. The van der Waals surface area contributed by atoms with E-state index in [1.165, 1.54) is 22.5 Å². The van der Waals surface area contributed by atoms with E-state index in [0.29, 0.717) is 12.2 Å². The average molecular weight is 494 g/mol. The molecule has 1 aromatic heterocycles. The van der Waals surface area contributed by atoms with E-state index in [4.69, 9.17) is 9.73 Å². The Morgan fingerprint density at radius 2 is 1.69 bits per heavy atom. The molecular weight excluding hydrogens is 450 g/mol. The minimum Gasteiger partial charge on any atom is -0.361 e. The van der Waals surface area contributed by atoms with Gasteiger partial charge in [-0.3, -0.25) is 10.0 Å². The lowest BCUT2D eigenvalue weighted by Gasteiger charge is -2.44. The summed E-state index contributed by atoms with van der Waals surface area (Å²) in [5.41, 5.74) is 6.57. The van der Waals surface area contributed by atoms with E-state index in [2.05, 4.69) is 107 Å².